The molecule has 0 spiro atoms. The SMILES string of the molecule is [O]=[Sb]([O-])([O-])[I]. The van der Waals surface area contributed by atoms with Gasteiger partial charge in [-0.3, -0.25) is 0 Å². The number of rotatable bonds is 0. The van der Waals surface area contributed by atoms with Crippen LogP contribution >= 0.6 is 18.5 Å². The van der Waals surface area contributed by atoms with Crippen molar-refractivity contribution in [2.24, 2.45) is 0 Å². The van der Waals surface area contributed by atoms with Gasteiger partial charge in [0.25, 0.3) is 0 Å². The molecule has 0 unspecified atom stereocenters. The third-order valence-corrected chi connectivity index (χ3v) is 0. The van der Waals surface area contributed by atoms with Crippen molar-refractivity contribution in [1.29, 1.82) is 0 Å². The quantitative estimate of drug-likeness (QED) is 0.384. The summed E-state index contributed by atoms with van der Waals surface area (Å²) in [5, 5.41) is 0. The molecule has 5 heteroatoms. The van der Waals surface area contributed by atoms with E-state index in [0.717, 1.165) is 18.5 Å². The Labute approximate surface area is 43.6 Å². The first-order valence-electron chi connectivity index (χ1n) is 0.717. The first-order chi connectivity index (χ1) is 2.00. The van der Waals surface area contributed by atoms with Gasteiger partial charge in [-0.25, -0.2) is 0 Å². The van der Waals surface area contributed by atoms with E-state index in [1.165, 1.54) is 0 Å². The van der Waals surface area contributed by atoms with Crippen molar-refractivity contribution in [1.82, 2.24) is 0 Å². The molecule has 0 aliphatic carbocycles. The second-order valence-corrected chi connectivity index (χ2v) is 10.8. The van der Waals surface area contributed by atoms with Gasteiger partial charge >= 0.3 is 43.9 Å². The zero-order valence-electron chi connectivity index (χ0n) is 2.05. The predicted molar refractivity (Wildman–Crippen MR) is 20.5 cm³/mol. The summed E-state index contributed by atoms with van der Waals surface area (Å²) in [6.45, 7) is 0. The van der Waals surface area contributed by atoms with Crippen molar-refractivity contribution in [3.8, 4) is 0 Å². The Hall–Kier alpha value is 1.27. The Morgan fingerprint density at radius 3 is 1.60 bits per heavy atom. The van der Waals surface area contributed by atoms with Crippen LogP contribution in [0.2, 0.25) is 0 Å². The molecule has 0 aromatic rings. The summed E-state index contributed by atoms with van der Waals surface area (Å²) in [4.78, 5) is 0. The molecule has 3 nitrogen and oxygen atoms in total. The first-order valence-corrected chi connectivity index (χ1v) is 11.3. The number of halogens is 1. The van der Waals surface area contributed by atoms with Crippen LogP contribution < -0.4 is 6.77 Å². The fourth-order valence-corrected chi connectivity index (χ4v) is 0. The topological polar surface area (TPSA) is 63.2 Å². The zero-order valence-corrected chi connectivity index (χ0v) is 6.76. The van der Waals surface area contributed by atoms with Crippen LogP contribution in [0, 0.1) is 0 Å². The molecule has 0 rings (SSSR count). The molecular formula is IO3Sb-2. The fraction of sp³-hybridized carbons (Fsp3) is 0. The summed E-state index contributed by atoms with van der Waals surface area (Å²) in [5.74, 6) is 0. The number of hydrogen-bond acceptors (Lipinski definition) is 3. The maximum absolute atomic E-state index is 9.18. The number of hydrogen-bond donors (Lipinski definition) is 0. The van der Waals surface area contributed by atoms with Crippen LogP contribution in [0.25, 0.3) is 0 Å². The van der Waals surface area contributed by atoms with E-state index in [0.29, 0.717) is 0 Å². The molecule has 0 saturated heterocycles. The van der Waals surface area contributed by atoms with Crippen molar-refractivity contribution in [3.05, 3.63) is 0 Å². The third kappa shape index (κ3) is 35.0. The molecule has 0 saturated carbocycles. The molecule has 0 amide bonds. The van der Waals surface area contributed by atoms with Crippen molar-refractivity contribution < 1.29 is 9.79 Å². The maximum atomic E-state index is 9.18. The zero-order chi connectivity index (χ0) is 4.50. The molecule has 0 fully saturated rings. The molecule has 32 valence electrons. The van der Waals surface area contributed by atoms with E-state index in [1.807, 2.05) is 0 Å². The molecular weight excluding hydrogens is 297 g/mol. The average molecular weight is 297 g/mol. The molecule has 0 aliphatic rings. The second-order valence-electron chi connectivity index (χ2n) is 0.431. The Morgan fingerprint density at radius 1 is 1.60 bits per heavy atom. The summed E-state index contributed by atoms with van der Waals surface area (Å²) < 4.78 is 27.5. The van der Waals surface area contributed by atoms with Crippen LogP contribution in [0.5, 0.6) is 0 Å². The Bertz CT molecular complexity index is 53.0. The molecule has 0 atom stereocenters. The molecule has 0 radical (unpaired) electrons. The van der Waals surface area contributed by atoms with Gasteiger partial charge in [-0.15, -0.1) is 0 Å². The molecule has 0 aromatic carbocycles. The molecule has 5 heavy (non-hydrogen) atoms. The van der Waals surface area contributed by atoms with Gasteiger partial charge < -0.3 is 0 Å². The fourth-order valence-electron chi connectivity index (χ4n) is 0. The van der Waals surface area contributed by atoms with Crippen LogP contribution in [-0.4, -0.2) is 15.6 Å². The summed E-state index contributed by atoms with van der Waals surface area (Å²) in [7, 11) is 0. The predicted octanol–water partition coefficient (Wildman–Crippen LogP) is -1.99. The average Bonchev–Trinajstić information content (AvgIpc) is 0.722. The Balaban J connectivity index is 3.47. The van der Waals surface area contributed by atoms with Gasteiger partial charge in [-0.2, -0.15) is 0 Å². The minimum atomic E-state index is -4.88. The van der Waals surface area contributed by atoms with Crippen molar-refractivity contribution >= 4 is 34.1 Å². The Kier molecular flexibility index (Phi) is 2.28. The van der Waals surface area contributed by atoms with Crippen LogP contribution in [0.3, 0.4) is 0 Å². The van der Waals surface area contributed by atoms with Gasteiger partial charge in [-0.1, -0.05) is 0 Å². The molecule has 0 aliphatic heterocycles. The molecule has 0 bridgehead atoms. The van der Waals surface area contributed by atoms with Crippen LogP contribution in [0.1, 0.15) is 0 Å². The van der Waals surface area contributed by atoms with Crippen molar-refractivity contribution in [2.45, 2.75) is 0 Å². The molecule has 0 N–H and O–H groups in total. The van der Waals surface area contributed by atoms with E-state index >= 15 is 0 Å². The third-order valence-electron chi connectivity index (χ3n) is 0. The van der Waals surface area contributed by atoms with E-state index in [9.17, 15) is 9.79 Å². The van der Waals surface area contributed by atoms with Gasteiger partial charge in [0.15, 0.2) is 0 Å². The van der Waals surface area contributed by atoms with Gasteiger partial charge in [-0.05, 0) is 0 Å². The Morgan fingerprint density at radius 2 is 1.60 bits per heavy atom. The van der Waals surface area contributed by atoms with Gasteiger partial charge in [0.05, 0.1) is 0 Å². The van der Waals surface area contributed by atoms with E-state index in [2.05, 4.69) is 0 Å². The van der Waals surface area contributed by atoms with Crippen LogP contribution in [0.4, 0.5) is 0 Å². The van der Waals surface area contributed by atoms with E-state index in [-0.39, 0.29) is 0 Å². The monoisotopic (exact) mass is 296 g/mol. The summed E-state index contributed by atoms with van der Waals surface area (Å²) in [6, 6.07) is 0. The molecule has 0 aromatic heterocycles. The van der Waals surface area contributed by atoms with E-state index < -0.39 is 15.6 Å². The van der Waals surface area contributed by atoms with E-state index in [4.69, 9.17) is 0 Å². The summed E-state index contributed by atoms with van der Waals surface area (Å²) in [6.07, 6.45) is 0. The minimum absolute atomic E-state index is 0.911. The van der Waals surface area contributed by atoms with E-state index in [1.54, 1.807) is 0 Å². The van der Waals surface area contributed by atoms with Crippen LogP contribution in [-0.2, 0) is 3.02 Å². The van der Waals surface area contributed by atoms with Gasteiger partial charge in [0.2, 0.25) is 0 Å². The standard InChI is InChI=1S/HI.3O.Sb/h1H;;;;/q;;2*-1;+1/p-1. The summed E-state index contributed by atoms with van der Waals surface area (Å²) in [5.41, 5.74) is 0. The van der Waals surface area contributed by atoms with Crippen molar-refractivity contribution in [2.75, 3.05) is 0 Å². The van der Waals surface area contributed by atoms with Crippen molar-refractivity contribution in [3.63, 3.8) is 0 Å². The van der Waals surface area contributed by atoms with Gasteiger partial charge in [0.1, 0.15) is 0 Å². The summed E-state index contributed by atoms with van der Waals surface area (Å²) >= 11 is -3.97. The first kappa shape index (κ1) is 6.27. The molecule has 0 heterocycles. The van der Waals surface area contributed by atoms with Crippen LogP contribution in [0.15, 0.2) is 0 Å². The van der Waals surface area contributed by atoms with Gasteiger partial charge in [0, 0.05) is 0 Å². The normalized spacial score (nSPS) is 11.8. The second kappa shape index (κ2) is 1.82.